The van der Waals surface area contributed by atoms with E-state index in [1.807, 2.05) is 18.9 Å². The van der Waals surface area contributed by atoms with Gasteiger partial charge in [-0.1, -0.05) is 13.3 Å². The summed E-state index contributed by atoms with van der Waals surface area (Å²) in [5.41, 5.74) is 0. The molecule has 2 unspecified atom stereocenters. The summed E-state index contributed by atoms with van der Waals surface area (Å²) in [5, 5.41) is 3.23. The van der Waals surface area contributed by atoms with Crippen molar-refractivity contribution in [1.29, 1.82) is 0 Å². The lowest BCUT2D eigenvalue weighted by Gasteiger charge is -2.39. The topological polar surface area (TPSA) is 69.7 Å². The highest BCUT2D eigenvalue weighted by atomic mass is 35.5. The van der Waals surface area contributed by atoms with Gasteiger partial charge in [0.05, 0.1) is 5.75 Å². The second kappa shape index (κ2) is 9.20. The third kappa shape index (κ3) is 5.05. The molecule has 1 N–H and O–H groups in total. The lowest BCUT2D eigenvalue weighted by Crippen LogP contribution is -2.56. The lowest BCUT2D eigenvalue weighted by atomic mass is 10.0. The SMILES string of the molecule is CCCS(=O)(=O)N1CCCCC1C(=O)N1CCCC(NC)C1.Cl. The number of nitrogens with zero attached hydrogens (tertiary/aromatic N) is 2. The lowest BCUT2D eigenvalue weighted by molar-refractivity contribution is -0.137. The first-order valence-electron chi connectivity index (χ1n) is 8.45. The summed E-state index contributed by atoms with van der Waals surface area (Å²) in [7, 11) is -1.40. The van der Waals surface area contributed by atoms with Crippen LogP contribution in [0, 0.1) is 0 Å². The van der Waals surface area contributed by atoms with E-state index in [9.17, 15) is 13.2 Å². The molecule has 0 spiro atoms. The maximum absolute atomic E-state index is 12.9. The van der Waals surface area contributed by atoms with Gasteiger partial charge in [0.15, 0.2) is 0 Å². The van der Waals surface area contributed by atoms with Crippen LogP contribution in [0.2, 0.25) is 0 Å². The zero-order valence-corrected chi connectivity index (χ0v) is 15.8. The van der Waals surface area contributed by atoms with Gasteiger partial charge in [0.2, 0.25) is 15.9 Å². The van der Waals surface area contributed by atoms with Crippen molar-refractivity contribution in [1.82, 2.24) is 14.5 Å². The van der Waals surface area contributed by atoms with Crippen LogP contribution in [0.5, 0.6) is 0 Å². The fourth-order valence-electron chi connectivity index (χ4n) is 3.48. The molecule has 2 aliphatic heterocycles. The van der Waals surface area contributed by atoms with E-state index in [4.69, 9.17) is 0 Å². The van der Waals surface area contributed by atoms with Gasteiger partial charge in [-0.3, -0.25) is 4.79 Å². The van der Waals surface area contributed by atoms with Crippen LogP contribution in [0.3, 0.4) is 0 Å². The molecule has 0 aromatic carbocycles. The number of carbonyl (C=O) groups is 1. The number of halogens is 1. The van der Waals surface area contributed by atoms with Crippen LogP contribution in [0.25, 0.3) is 0 Å². The van der Waals surface area contributed by atoms with Gasteiger partial charge >= 0.3 is 0 Å². The Morgan fingerprint density at radius 1 is 1.17 bits per heavy atom. The average Bonchev–Trinajstić information content (AvgIpc) is 2.54. The number of piperidine rings is 2. The smallest absolute Gasteiger partial charge is 0.241 e. The zero-order chi connectivity index (χ0) is 16.2. The molecule has 2 saturated heterocycles. The van der Waals surface area contributed by atoms with Gasteiger partial charge in [-0.2, -0.15) is 4.31 Å². The molecule has 0 radical (unpaired) electrons. The minimum absolute atomic E-state index is 0. The number of sulfonamides is 1. The number of amides is 1. The molecule has 0 aromatic heterocycles. The van der Waals surface area contributed by atoms with Crippen LogP contribution < -0.4 is 5.32 Å². The van der Waals surface area contributed by atoms with Gasteiger partial charge in [0.1, 0.15) is 6.04 Å². The van der Waals surface area contributed by atoms with Crippen molar-refractivity contribution in [3.8, 4) is 0 Å². The normalized spacial score (nSPS) is 26.6. The Bertz CT molecular complexity index is 486. The number of hydrogen-bond donors (Lipinski definition) is 1. The van der Waals surface area contributed by atoms with Crippen LogP contribution in [-0.4, -0.2) is 68.0 Å². The second-order valence-electron chi connectivity index (χ2n) is 6.35. The van der Waals surface area contributed by atoms with Crippen molar-refractivity contribution in [3.63, 3.8) is 0 Å². The number of hydrogen-bond acceptors (Lipinski definition) is 4. The molecule has 23 heavy (non-hydrogen) atoms. The van der Waals surface area contributed by atoms with Gasteiger partial charge in [0, 0.05) is 25.7 Å². The summed E-state index contributed by atoms with van der Waals surface area (Å²) in [6.07, 6.45) is 5.08. The second-order valence-corrected chi connectivity index (χ2v) is 8.39. The molecule has 0 bridgehead atoms. The minimum atomic E-state index is -3.32. The molecule has 8 heteroatoms. The molecule has 0 aliphatic carbocycles. The Labute approximate surface area is 146 Å². The Balaban J connectivity index is 0.00000264. The maximum Gasteiger partial charge on any atom is 0.241 e. The van der Waals surface area contributed by atoms with Crippen molar-refractivity contribution in [2.45, 2.75) is 57.5 Å². The minimum Gasteiger partial charge on any atom is -0.340 e. The fraction of sp³-hybridized carbons (Fsp3) is 0.933. The highest BCUT2D eigenvalue weighted by Crippen LogP contribution is 2.24. The molecule has 2 rings (SSSR count). The van der Waals surface area contributed by atoms with E-state index in [-0.39, 0.29) is 24.1 Å². The Morgan fingerprint density at radius 3 is 2.57 bits per heavy atom. The number of nitrogens with one attached hydrogen (secondary N) is 1. The van der Waals surface area contributed by atoms with Gasteiger partial charge in [-0.15, -0.1) is 12.4 Å². The van der Waals surface area contributed by atoms with Crippen molar-refractivity contribution >= 4 is 28.3 Å². The molecule has 136 valence electrons. The molecule has 0 aromatic rings. The van der Waals surface area contributed by atoms with E-state index in [0.717, 1.165) is 32.2 Å². The van der Waals surface area contributed by atoms with E-state index >= 15 is 0 Å². The van der Waals surface area contributed by atoms with Crippen LogP contribution in [0.4, 0.5) is 0 Å². The monoisotopic (exact) mass is 367 g/mol. The maximum atomic E-state index is 12.9. The van der Waals surface area contributed by atoms with Crippen molar-refractivity contribution in [2.75, 3.05) is 32.4 Å². The van der Waals surface area contributed by atoms with Gasteiger partial charge < -0.3 is 10.2 Å². The fourth-order valence-corrected chi connectivity index (χ4v) is 5.22. The number of likely N-dealkylation sites (N-methyl/N-ethyl adjacent to an activating group) is 1. The Hall–Kier alpha value is -0.370. The zero-order valence-electron chi connectivity index (χ0n) is 14.2. The van der Waals surface area contributed by atoms with E-state index in [0.29, 0.717) is 32.0 Å². The molecule has 0 saturated carbocycles. The Morgan fingerprint density at radius 2 is 1.91 bits per heavy atom. The van der Waals surface area contributed by atoms with Crippen LogP contribution in [0.1, 0.15) is 45.4 Å². The molecule has 2 aliphatic rings. The highest BCUT2D eigenvalue weighted by Gasteiger charge is 2.39. The number of rotatable bonds is 5. The molecular weight excluding hydrogens is 338 g/mol. The molecule has 2 atom stereocenters. The predicted octanol–water partition coefficient (Wildman–Crippen LogP) is 1.21. The van der Waals surface area contributed by atoms with Crippen LogP contribution >= 0.6 is 12.4 Å². The first kappa shape index (κ1) is 20.7. The quantitative estimate of drug-likeness (QED) is 0.793. The number of likely N-dealkylation sites (tertiary alicyclic amines) is 1. The first-order valence-corrected chi connectivity index (χ1v) is 10.1. The molecule has 2 heterocycles. The van der Waals surface area contributed by atoms with Gasteiger partial charge in [-0.05, 0) is 39.2 Å². The van der Waals surface area contributed by atoms with E-state index in [1.165, 1.54) is 4.31 Å². The van der Waals surface area contributed by atoms with E-state index < -0.39 is 16.1 Å². The van der Waals surface area contributed by atoms with Gasteiger partial charge in [0.25, 0.3) is 0 Å². The average molecular weight is 368 g/mol. The molecule has 1 amide bonds. The first-order chi connectivity index (χ1) is 10.5. The summed E-state index contributed by atoms with van der Waals surface area (Å²) in [6, 6.07) is -0.164. The van der Waals surface area contributed by atoms with Gasteiger partial charge in [-0.25, -0.2) is 8.42 Å². The van der Waals surface area contributed by atoms with E-state index in [2.05, 4.69) is 5.32 Å². The third-order valence-corrected chi connectivity index (χ3v) is 6.78. The Kier molecular flexibility index (Phi) is 8.27. The summed E-state index contributed by atoms with van der Waals surface area (Å²) in [6.45, 7) is 3.78. The third-order valence-electron chi connectivity index (χ3n) is 4.70. The largest absolute Gasteiger partial charge is 0.340 e. The summed E-state index contributed by atoms with van der Waals surface area (Å²) >= 11 is 0. The molecular formula is C15H30ClN3O3S. The van der Waals surface area contributed by atoms with Crippen molar-refractivity contribution < 1.29 is 13.2 Å². The molecule has 2 fully saturated rings. The number of carbonyl (C=O) groups excluding carboxylic acids is 1. The summed E-state index contributed by atoms with van der Waals surface area (Å²) in [5.74, 6) is 0.134. The summed E-state index contributed by atoms with van der Waals surface area (Å²) < 4.78 is 26.4. The van der Waals surface area contributed by atoms with E-state index in [1.54, 1.807) is 0 Å². The van der Waals surface area contributed by atoms with Crippen LogP contribution in [-0.2, 0) is 14.8 Å². The standard InChI is InChI=1S/C15H29N3O3S.ClH/c1-3-11-22(20,21)18-10-5-4-8-14(18)15(19)17-9-6-7-13(12-17)16-2;/h13-14,16H,3-12H2,1-2H3;1H. The van der Waals surface area contributed by atoms with Crippen molar-refractivity contribution in [3.05, 3.63) is 0 Å². The predicted molar refractivity (Wildman–Crippen MR) is 94.3 cm³/mol. The van der Waals surface area contributed by atoms with Crippen molar-refractivity contribution in [2.24, 2.45) is 0 Å². The highest BCUT2D eigenvalue weighted by molar-refractivity contribution is 7.89. The van der Waals surface area contributed by atoms with Crippen LogP contribution in [0.15, 0.2) is 0 Å². The summed E-state index contributed by atoms with van der Waals surface area (Å²) in [4.78, 5) is 14.7. The molecule has 6 nitrogen and oxygen atoms in total.